The van der Waals surface area contributed by atoms with E-state index in [1.165, 1.54) is 103 Å². The number of nitrogens with zero attached hydrogens (tertiary/aromatic N) is 1. The second-order valence-electron chi connectivity index (χ2n) is 15.9. The minimum atomic E-state index is -0.754. The van der Waals surface area contributed by atoms with Crippen molar-refractivity contribution in [1.29, 1.82) is 0 Å². The number of carboxylic acids is 2. The van der Waals surface area contributed by atoms with Gasteiger partial charge in [0.25, 0.3) is 0 Å². The molecule has 0 saturated heterocycles. The maximum Gasteiger partial charge on any atom is 0.309 e. The van der Waals surface area contributed by atoms with Gasteiger partial charge in [-0.3, -0.25) is 9.59 Å². The lowest BCUT2D eigenvalue weighted by molar-refractivity contribution is -0.151. The molecule has 0 aromatic heterocycles. The molecule has 0 spiro atoms. The van der Waals surface area contributed by atoms with Crippen LogP contribution < -0.4 is 9.47 Å². The van der Waals surface area contributed by atoms with E-state index in [1.54, 1.807) is 0 Å². The van der Waals surface area contributed by atoms with Gasteiger partial charge in [-0.25, -0.2) is 0 Å². The summed E-state index contributed by atoms with van der Waals surface area (Å²) in [5.41, 5.74) is 0.485. The summed E-state index contributed by atoms with van der Waals surface area (Å²) in [5.74, 6) is 0.197. The van der Waals surface area contributed by atoms with Crippen LogP contribution in [0, 0.1) is 5.41 Å². The van der Waals surface area contributed by atoms with E-state index in [4.69, 9.17) is 14.6 Å². The SMILES string of the molecule is CCCCCCCCCCCCC(CCCCCCCCCCCC)(CCCCOc1cc(CN(C)C)cc(OCCCCCC(=O)O)c1)C(=O)O. The summed E-state index contributed by atoms with van der Waals surface area (Å²) >= 11 is 0. The van der Waals surface area contributed by atoms with Crippen LogP contribution in [0.1, 0.15) is 206 Å². The summed E-state index contributed by atoms with van der Waals surface area (Å²) in [4.78, 5) is 25.8. The molecule has 0 atom stereocenters. The van der Waals surface area contributed by atoms with Crippen LogP contribution in [0.25, 0.3) is 0 Å². The summed E-state index contributed by atoms with van der Waals surface area (Å²) < 4.78 is 12.3. The van der Waals surface area contributed by atoms with Gasteiger partial charge in [0.05, 0.1) is 18.6 Å². The van der Waals surface area contributed by atoms with Gasteiger partial charge in [0.15, 0.2) is 0 Å². The Bertz CT molecular complexity index is 988. The van der Waals surface area contributed by atoms with Gasteiger partial charge < -0.3 is 24.6 Å². The van der Waals surface area contributed by atoms with Gasteiger partial charge in [-0.1, -0.05) is 142 Å². The quantitative estimate of drug-likeness (QED) is 0.0654. The predicted octanol–water partition coefficient (Wildman–Crippen LogP) is 13.0. The largest absolute Gasteiger partial charge is 0.493 e. The van der Waals surface area contributed by atoms with Crippen LogP contribution in [0.2, 0.25) is 0 Å². The van der Waals surface area contributed by atoms with Gasteiger partial charge in [0.2, 0.25) is 0 Å². The molecule has 7 heteroatoms. The van der Waals surface area contributed by atoms with Crippen LogP contribution in [-0.4, -0.2) is 54.4 Å². The van der Waals surface area contributed by atoms with Crippen LogP contribution in [0.3, 0.4) is 0 Å². The third-order valence-corrected chi connectivity index (χ3v) is 10.5. The first-order chi connectivity index (χ1) is 25.2. The number of hydrogen-bond acceptors (Lipinski definition) is 5. The minimum Gasteiger partial charge on any atom is -0.493 e. The van der Waals surface area contributed by atoms with Crippen LogP contribution >= 0.6 is 0 Å². The van der Waals surface area contributed by atoms with Crippen molar-refractivity contribution in [2.45, 2.75) is 207 Å². The fraction of sp³-hybridized carbons (Fsp3) is 0.822. The van der Waals surface area contributed by atoms with Gasteiger partial charge >= 0.3 is 11.9 Å². The smallest absolute Gasteiger partial charge is 0.309 e. The van der Waals surface area contributed by atoms with E-state index in [2.05, 4.69) is 24.8 Å². The number of carbonyl (C=O) groups is 2. The molecule has 0 bridgehead atoms. The highest BCUT2D eigenvalue weighted by atomic mass is 16.5. The third kappa shape index (κ3) is 25.7. The van der Waals surface area contributed by atoms with Crippen molar-refractivity contribution in [3.8, 4) is 11.5 Å². The van der Waals surface area contributed by atoms with E-state index in [0.717, 1.165) is 94.2 Å². The highest BCUT2D eigenvalue weighted by molar-refractivity contribution is 5.74. The first-order valence-electron chi connectivity index (χ1n) is 21.7. The Morgan fingerprint density at radius 3 is 1.29 bits per heavy atom. The van der Waals surface area contributed by atoms with Gasteiger partial charge in [-0.2, -0.15) is 0 Å². The molecule has 7 nitrogen and oxygen atoms in total. The molecule has 0 radical (unpaired) electrons. The standard InChI is InChI=1S/C45H81NO6/c1-5-7-9-11-13-15-17-19-21-25-31-45(44(49)50,32-26-22-20-18-16-14-12-10-8-6-2)33-27-29-35-52-42-37-40(39-46(3)4)36-41(38-42)51-34-28-23-24-30-43(47)48/h36-38H,5-35,39H2,1-4H3,(H,47,48)(H,49,50). The highest BCUT2D eigenvalue weighted by Crippen LogP contribution is 2.38. The summed E-state index contributed by atoms with van der Waals surface area (Å²) in [6.45, 7) is 6.38. The Balaban J connectivity index is 2.67. The van der Waals surface area contributed by atoms with Crippen molar-refractivity contribution in [1.82, 2.24) is 4.90 Å². The van der Waals surface area contributed by atoms with Gasteiger partial charge in [-0.05, 0) is 83.2 Å². The fourth-order valence-electron chi connectivity index (χ4n) is 7.35. The molecule has 0 heterocycles. The normalized spacial score (nSPS) is 11.7. The van der Waals surface area contributed by atoms with E-state index in [0.29, 0.717) is 19.6 Å². The molecular formula is C45H81NO6. The maximum absolute atomic E-state index is 13.0. The number of benzene rings is 1. The van der Waals surface area contributed by atoms with E-state index in [9.17, 15) is 14.7 Å². The Labute approximate surface area is 320 Å². The molecule has 2 N–H and O–H groups in total. The molecular weight excluding hydrogens is 650 g/mol. The third-order valence-electron chi connectivity index (χ3n) is 10.5. The van der Waals surface area contributed by atoms with Crippen molar-refractivity contribution in [3.63, 3.8) is 0 Å². The van der Waals surface area contributed by atoms with Crippen LogP contribution in [-0.2, 0) is 16.1 Å². The van der Waals surface area contributed by atoms with Crippen molar-refractivity contribution < 1.29 is 29.3 Å². The zero-order valence-electron chi connectivity index (χ0n) is 34.3. The van der Waals surface area contributed by atoms with Gasteiger partial charge in [0, 0.05) is 19.0 Å². The topological polar surface area (TPSA) is 96.3 Å². The van der Waals surface area contributed by atoms with Gasteiger partial charge in [-0.15, -0.1) is 0 Å². The Hall–Kier alpha value is -2.28. The van der Waals surface area contributed by atoms with E-state index >= 15 is 0 Å². The van der Waals surface area contributed by atoms with Crippen LogP contribution in [0.15, 0.2) is 18.2 Å². The van der Waals surface area contributed by atoms with Crippen molar-refractivity contribution in [3.05, 3.63) is 23.8 Å². The average Bonchev–Trinajstić information content (AvgIpc) is 3.10. The predicted molar refractivity (Wildman–Crippen MR) is 218 cm³/mol. The summed E-state index contributed by atoms with van der Waals surface area (Å²) in [6, 6.07) is 6.05. The second kappa shape index (κ2) is 32.2. The number of ether oxygens (including phenoxy) is 2. The van der Waals surface area contributed by atoms with Crippen LogP contribution in [0.5, 0.6) is 11.5 Å². The Morgan fingerprint density at radius 2 is 0.904 bits per heavy atom. The lowest BCUT2D eigenvalue weighted by Crippen LogP contribution is -2.31. The second-order valence-corrected chi connectivity index (χ2v) is 15.9. The molecule has 1 aromatic carbocycles. The van der Waals surface area contributed by atoms with E-state index in [1.807, 2.05) is 26.2 Å². The number of aliphatic carboxylic acids is 2. The number of hydrogen-bond donors (Lipinski definition) is 2. The number of rotatable bonds is 38. The average molecular weight is 732 g/mol. The fourth-order valence-corrected chi connectivity index (χ4v) is 7.35. The zero-order valence-corrected chi connectivity index (χ0v) is 34.3. The molecule has 0 amide bonds. The molecule has 0 fully saturated rings. The molecule has 1 aromatic rings. The zero-order chi connectivity index (χ0) is 38.1. The summed E-state index contributed by atoms with van der Waals surface area (Å²) in [5, 5.41) is 19.5. The molecule has 0 aliphatic rings. The number of carboxylic acid groups (broad SMARTS) is 2. The van der Waals surface area contributed by atoms with E-state index in [-0.39, 0.29) is 6.42 Å². The first-order valence-corrected chi connectivity index (χ1v) is 21.7. The molecule has 0 saturated carbocycles. The minimum absolute atomic E-state index is 0.197. The maximum atomic E-state index is 13.0. The van der Waals surface area contributed by atoms with Gasteiger partial charge in [0.1, 0.15) is 11.5 Å². The Kier molecular flexibility index (Phi) is 29.5. The lowest BCUT2D eigenvalue weighted by atomic mass is 9.74. The molecule has 302 valence electrons. The molecule has 0 unspecified atom stereocenters. The highest BCUT2D eigenvalue weighted by Gasteiger charge is 2.36. The summed E-state index contributed by atoms with van der Waals surface area (Å²) in [6.07, 6.45) is 31.8. The van der Waals surface area contributed by atoms with Crippen LogP contribution in [0.4, 0.5) is 0 Å². The van der Waals surface area contributed by atoms with Crippen molar-refractivity contribution in [2.75, 3.05) is 27.3 Å². The molecule has 0 aliphatic heterocycles. The number of unbranched alkanes of at least 4 members (excludes halogenated alkanes) is 21. The molecule has 1 rings (SSSR count). The van der Waals surface area contributed by atoms with Crippen molar-refractivity contribution in [2.24, 2.45) is 5.41 Å². The monoisotopic (exact) mass is 732 g/mol. The van der Waals surface area contributed by atoms with Crippen molar-refractivity contribution >= 4 is 11.9 Å². The molecule has 0 aliphatic carbocycles. The first kappa shape index (κ1) is 47.7. The summed E-state index contributed by atoms with van der Waals surface area (Å²) in [7, 11) is 4.08. The Morgan fingerprint density at radius 1 is 0.538 bits per heavy atom. The molecule has 52 heavy (non-hydrogen) atoms. The lowest BCUT2D eigenvalue weighted by Gasteiger charge is -2.30. The van der Waals surface area contributed by atoms with E-state index < -0.39 is 17.4 Å².